The molecule has 5 rings (SSSR count). The molecule has 5 aromatic rings. The number of para-hydroxylation sites is 2. The molecule has 36 heavy (non-hydrogen) atoms. The van der Waals surface area contributed by atoms with Gasteiger partial charge in [0.1, 0.15) is 27.4 Å². The summed E-state index contributed by atoms with van der Waals surface area (Å²) in [5.41, 5.74) is 4.56. The number of rotatable bonds is 7. The van der Waals surface area contributed by atoms with Crippen molar-refractivity contribution in [3.63, 3.8) is 0 Å². The van der Waals surface area contributed by atoms with E-state index in [1.54, 1.807) is 14.2 Å². The second-order valence-corrected chi connectivity index (χ2v) is 10.6. The Hall–Kier alpha value is -3.21. The van der Waals surface area contributed by atoms with Crippen LogP contribution >= 0.6 is 7.92 Å². The van der Waals surface area contributed by atoms with Crippen molar-refractivity contribution in [2.24, 2.45) is 0 Å². The molecule has 0 saturated heterocycles. The number of methoxy groups -OCH3 is 2. The average Bonchev–Trinajstić information content (AvgIpc) is 2.94. The molecule has 0 aliphatic carbocycles. The van der Waals surface area contributed by atoms with E-state index in [0.29, 0.717) is 0 Å². The molecule has 5 aromatic carbocycles. The van der Waals surface area contributed by atoms with Gasteiger partial charge in [0, 0.05) is 42.7 Å². The maximum atomic E-state index is 5.82. The molecule has 4 heteroatoms. The molecule has 0 spiro atoms. The van der Waals surface area contributed by atoms with Crippen LogP contribution in [0.3, 0.4) is 0 Å². The van der Waals surface area contributed by atoms with Gasteiger partial charge >= 0.3 is 0 Å². The summed E-state index contributed by atoms with van der Waals surface area (Å²) in [4.78, 5) is 0. The molecule has 182 valence electrons. The van der Waals surface area contributed by atoms with Gasteiger partial charge < -0.3 is 9.47 Å². The van der Waals surface area contributed by atoms with Crippen LogP contribution in [-0.2, 0) is 20.4 Å². The molecular weight excluding hydrogens is 554 g/mol. The largest absolute Gasteiger partial charge is 0.496 e. The Balaban J connectivity index is 0.00000304. The van der Waals surface area contributed by atoms with Crippen molar-refractivity contribution in [1.82, 2.24) is 0 Å². The molecule has 0 amide bonds. The van der Waals surface area contributed by atoms with Gasteiger partial charge in [0.25, 0.3) is 0 Å². The Labute approximate surface area is 228 Å². The Morgan fingerprint density at radius 3 is 1.19 bits per heavy atom. The van der Waals surface area contributed by atoms with E-state index in [2.05, 4.69) is 103 Å². The number of hydrogen-bond donors (Lipinski definition) is 0. The van der Waals surface area contributed by atoms with Crippen LogP contribution in [0, 0.1) is 0 Å². The minimum Gasteiger partial charge on any atom is -0.496 e. The molecule has 0 aliphatic heterocycles. The predicted octanol–water partition coefficient (Wildman–Crippen LogP) is 6.53. The monoisotopic (exact) mass is 581 g/mol. The molecule has 0 fully saturated rings. The third kappa shape index (κ3) is 5.16. The quantitative estimate of drug-likeness (QED) is 0.161. The van der Waals surface area contributed by atoms with Gasteiger partial charge in [-0.1, -0.05) is 91.0 Å². The van der Waals surface area contributed by atoms with Crippen LogP contribution in [-0.4, -0.2) is 14.2 Å². The third-order valence-corrected chi connectivity index (χ3v) is 9.09. The van der Waals surface area contributed by atoms with Crippen LogP contribution in [0.5, 0.6) is 11.5 Å². The van der Waals surface area contributed by atoms with Crippen LogP contribution in [0.15, 0.2) is 127 Å². The van der Waals surface area contributed by atoms with Gasteiger partial charge in [-0.05, 0) is 36.4 Å². The summed E-state index contributed by atoms with van der Waals surface area (Å²) in [5.74, 6) is 1.74. The maximum absolute atomic E-state index is 5.82. The van der Waals surface area contributed by atoms with E-state index < -0.39 is 7.92 Å². The Bertz CT molecular complexity index is 1320. The maximum Gasteiger partial charge on any atom is 0.126 e. The Kier molecular flexibility index (Phi) is 8.74. The zero-order valence-electron chi connectivity index (χ0n) is 20.3. The molecule has 0 heterocycles. The van der Waals surface area contributed by atoms with E-state index in [1.807, 2.05) is 24.3 Å². The van der Waals surface area contributed by atoms with Gasteiger partial charge in [-0.3, -0.25) is 0 Å². The predicted molar refractivity (Wildman–Crippen MR) is 151 cm³/mol. The Morgan fingerprint density at radius 1 is 0.417 bits per heavy atom. The molecule has 2 nitrogen and oxygen atoms in total. The fraction of sp³-hybridized carbons (Fsp3) is 0.0625. The van der Waals surface area contributed by atoms with Crippen molar-refractivity contribution in [2.45, 2.75) is 0 Å². The summed E-state index contributed by atoms with van der Waals surface area (Å²) in [6.45, 7) is 0. The van der Waals surface area contributed by atoms with Crippen LogP contribution in [0.1, 0.15) is 0 Å². The van der Waals surface area contributed by atoms with Crippen molar-refractivity contribution in [3.8, 4) is 33.8 Å². The fourth-order valence-electron chi connectivity index (χ4n) is 4.67. The average molecular weight is 582 g/mol. The minimum atomic E-state index is -1.39. The summed E-state index contributed by atoms with van der Waals surface area (Å²) in [7, 11) is 2.09. The standard InChI is InChI=1S/C32H27O2P.Pd/c1-33-30-22-11-9-18-26(30)28-20-13-21-29(27-19-10-12-23-31(27)34-2)32(28)35(24-14-5-3-6-15-24)25-16-7-4-8-17-25;/h3-23H,1-2H3;/p+1. The zero-order chi connectivity index (χ0) is 24.0. The summed E-state index contributed by atoms with van der Waals surface area (Å²) >= 11 is 0. The van der Waals surface area contributed by atoms with E-state index in [1.165, 1.54) is 27.0 Å². The summed E-state index contributed by atoms with van der Waals surface area (Å²) in [6, 6.07) is 44.9. The summed E-state index contributed by atoms with van der Waals surface area (Å²) in [5, 5.41) is 3.99. The van der Waals surface area contributed by atoms with Gasteiger partial charge in [-0.15, -0.1) is 0 Å². The molecule has 0 aromatic heterocycles. The molecule has 0 unspecified atom stereocenters. The first kappa shape index (κ1) is 25.9. The van der Waals surface area contributed by atoms with Crippen molar-refractivity contribution >= 4 is 23.8 Å². The summed E-state index contributed by atoms with van der Waals surface area (Å²) < 4.78 is 11.6. The number of hydrogen-bond acceptors (Lipinski definition) is 2. The van der Waals surface area contributed by atoms with Crippen LogP contribution in [0.25, 0.3) is 22.3 Å². The molecule has 0 aliphatic rings. The van der Waals surface area contributed by atoms with Gasteiger partial charge in [-0.2, -0.15) is 0 Å². The van der Waals surface area contributed by atoms with E-state index in [-0.39, 0.29) is 20.4 Å². The van der Waals surface area contributed by atoms with Gasteiger partial charge in [-0.25, -0.2) is 0 Å². The van der Waals surface area contributed by atoms with Crippen molar-refractivity contribution in [2.75, 3.05) is 14.2 Å². The molecule has 0 atom stereocenters. The van der Waals surface area contributed by atoms with Crippen molar-refractivity contribution in [1.29, 1.82) is 0 Å². The first-order chi connectivity index (χ1) is 17.3. The zero-order valence-corrected chi connectivity index (χ0v) is 22.8. The van der Waals surface area contributed by atoms with Crippen molar-refractivity contribution in [3.05, 3.63) is 127 Å². The van der Waals surface area contributed by atoms with Crippen LogP contribution in [0.2, 0.25) is 0 Å². The molecule has 0 N–H and O–H groups in total. The van der Waals surface area contributed by atoms with Crippen molar-refractivity contribution < 1.29 is 29.9 Å². The normalized spacial score (nSPS) is 10.5. The van der Waals surface area contributed by atoms with Gasteiger partial charge in [0.05, 0.1) is 22.1 Å². The molecule has 0 bridgehead atoms. The smallest absolute Gasteiger partial charge is 0.126 e. The van der Waals surface area contributed by atoms with E-state index in [4.69, 9.17) is 9.47 Å². The van der Waals surface area contributed by atoms with Gasteiger partial charge in [0.15, 0.2) is 0 Å². The minimum absolute atomic E-state index is 0. The molecule has 0 saturated carbocycles. The fourth-order valence-corrected chi connectivity index (χ4v) is 7.61. The molecule has 0 radical (unpaired) electrons. The topological polar surface area (TPSA) is 18.5 Å². The number of ether oxygens (including phenoxy) is 2. The van der Waals surface area contributed by atoms with E-state index in [0.717, 1.165) is 22.6 Å². The first-order valence-corrected chi connectivity index (χ1v) is 13.2. The Morgan fingerprint density at radius 2 is 0.778 bits per heavy atom. The number of benzene rings is 5. The van der Waals surface area contributed by atoms with Crippen LogP contribution < -0.4 is 25.4 Å². The first-order valence-electron chi connectivity index (χ1n) is 11.7. The van der Waals surface area contributed by atoms with E-state index in [9.17, 15) is 0 Å². The summed E-state index contributed by atoms with van der Waals surface area (Å²) in [6.07, 6.45) is 0. The van der Waals surface area contributed by atoms with Gasteiger partial charge in [0.2, 0.25) is 0 Å². The SMILES string of the molecule is COc1ccccc1-c1cccc(-c2ccccc2OC)c1[PH+](c1ccccc1)c1ccccc1.[Pd]. The van der Waals surface area contributed by atoms with Crippen LogP contribution in [0.4, 0.5) is 0 Å². The third-order valence-electron chi connectivity index (χ3n) is 6.23. The van der Waals surface area contributed by atoms with E-state index >= 15 is 0 Å². The molecular formula is C32H28O2PPd+. The second kappa shape index (κ2) is 12.2. The second-order valence-electron chi connectivity index (χ2n) is 8.24.